The molecule has 0 bridgehead atoms. The number of rotatable bonds is 19. The fourth-order valence-electron chi connectivity index (χ4n) is 12.6. The van der Waals surface area contributed by atoms with Crippen molar-refractivity contribution in [2.24, 2.45) is 39.9 Å². The molecular formula is C53H66F6O13. The van der Waals surface area contributed by atoms with Crippen LogP contribution >= 0.6 is 0 Å². The van der Waals surface area contributed by atoms with Crippen LogP contribution in [0.5, 0.6) is 0 Å². The lowest BCUT2D eigenvalue weighted by Crippen LogP contribution is -2.66. The van der Waals surface area contributed by atoms with Crippen LogP contribution in [0, 0.1) is 39.9 Å². The van der Waals surface area contributed by atoms with E-state index in [4.69, 9.17) is 28.4 Å². The highest BCUT2D eigenvalue weighted by atomic mass is 19.4. The van der Waals surface area contributed by atoms with E-state index in [1.165, 1.54) is 36.4 Å². The van der Waals surface area contributed by atoms with Gasteiger partial charge >= 0.3 is 36.2 Å². The predicted molar refractivity (Wildman–Crippen MR) is 247 cm³/mol. The molecule has 398 valence electrons. The summed E-state index contributed by atoms with van der Waals surface area (Å²) in [6.45, 7) is 13.7. The van der Waals surface area contributed by atoms with Crippen molar-refractivity contribution in [3.05, 3.63) is 95.6 Å². The summed E-state index contributed by atoms with van der Waals surface area (Å²) in [6, 6.07) is 12.3. The summed E-state index contributed by atoms with van der Waals surface area (Å²) < 4.78 is 125. The van der Waals surface area contributed by atoms with E-state index in [1.54, 1.807) is 33.8 Å². The molecule has 0 saturated heterocycles. The quantitative estimate of drug-likeness (QED) is 0.0590. The number of carbonyl (C=O) groups excluding carboxylic acids is 5. The minimum absolute atomic E-state index is 0.0264. The van der Waals surface area contributed by atoms with Crippen LogP contribution in [-0.4, -0.2) is 104 Å². The number of methoxy groups -OCH3 is 3. The highest BCUT2D eigenvalue weighted by Crippen LogP contribution is 2.72. The Morgan fingerprint density at radius 2 is 1.33 bits per heavy atom. The van der Waals surface area contributed by atoms with E-state index in [-0.39, 0.29) is 25.7 Å². The van der Waals surface area contributed by atoms with Gasteiger partial charge in [-0.05, 0) is 82.0 Å². The van der Waals surface area contributed by atoms with Crippen LogP contribution in [0.15, 0.2) is 84.5 Å². The molecule has 2 N–H and O–H groups in total. The maximum Gasteiger partial charge on any atom is 0.432 e. The lowest BCUT2D eigenvalue weighted by atomic mass is 9.40. The van der Waals surface area contributed by atoms with Crippen LogP contribution in [-0.2, 0) is 63.6 Å². The third-order valence-electron chi connectivity index (χ3n) is 16.1. The number of ether oxygens (including phenoxy) is 6. The lowest BCUT2D eigenvalue weighted by molar-refractivity contribution is -0.283. The summed E-state index contributed by atoms with van der Waals surface area (Å²) in [5, 5.41) is 22.1. The topological polar surface area (TPSA) is 181 Å². The largest absolute Gasteiger partial charge is 0.469 e. The van der Waals surface area contributed by atoms with E-state index in [1.807, 2.05) is 0 Å². The summed E-state index contributed by atoms with van der Waals surface area (Å²) in [7, 11) is 2.58. The van der Waals surface area contributed by atoms with Gasteiger partial charge in [0.25, 0.3) is 11.2 Å². The van der Waals surface area contributed by atoms with Crippen molar-refractivity contribution in [3.63, 3.8) is 0 Å². The Labute approximate surface area is 415 Å². The van der Waals surface area contributed by atoms with Gasteiger partial charge in [0.15, 0.2) is 5.78 Å². The Morgan fingerprint density at radius 3 is 1.78 bits per heavy atom. The number of esters is 4. The van der Waals surface area contributed by atoms with E-state index in [9.17, 15) is 34.2 Å². The molecule has 0 aromatic heterocycles. The fourth-order valence-corrected chi connectivity index (χ4v) is 12.6. The van der Waals surface area contributed by atoms with Crippen molar-refractivity contribution in [1.82, 2.24) is 0 Å². The van der Waals surface area contributed by atoms with Crippen LogP contribution < -0.4 is 0 Å². The Kier molecular flexibility index (Phi) is 16.9. The second-order valence-corrected chi connectivity index (χ2v) is 20.6. The normalized spacial score (nSPS) is 28.3. The van der Waals surface area contributed by atoms with Crippen LogP contribution in [0.1, 0.15) is 98.1 Å². The molecule has 0 aliphatic heterocycles. The first-order chi connectivity index (χ1) is 33.3. The maximum atomic E-state index is 15.5. The lowest BCUT2D eigenvalue weighted by Gasteiger charge is -2.66. The number of hydrogen-bond acceptors (Lipinski definition) is 13. The average Bonchev–Trinajstić information content (AvgIpc) is 3.66. The predicted octanol–water partition coefficient (Wildman–Crippen LogP) is 8.82. The fraction of sp³-hybridized carbons (Fsp3) is 0.604. The minimum Gasteiger partial charge on any atom is -0.469 e. The number of alkyl halides is 6. The highest BCUT2D eigenvalue weighted by molar-refractivity contribution is 5.90. The van der Waals surface area contributed by atoms with Crippen molar-refractivity contribution in [2.75, 3.05) is 27.9 Å². The third-order valence-corrected chi connectivity index (χ3v) is 16.1. The van der Waals surface area contributed by atoms with Gasteiger partial charge in [-0.15, -0.1) is 0 Å². The second kappa shape index (κ2) is 21.0. The Morgan fingerprint density at radius 1 is 0.819 bits per heavy atom. The van der Waals surface area contributed by atoms with Gasteiger partial charge in [-0.1, -0.05) is 105 Å². The molecule has 2 fully saturated rings. The van der Waals surface area contributed by atoms with Gasteiger partial charge in [0, 0.05) is 43.1 Å². The molecule has 19 heteroatoms. The highest BCUT2D eigenvalue weighted by Gasteiger charge is 2.71. The van der Waals surface area contributed by atoms with Crippen molar-refractivity contribution >= 4 is 29.7 Å². The van der Waals surface area contributed by atoms with Gasteiger partial charge in [0.05, 0.1) is 20.1 Å². The second-order valence-electron chi connectivity index (χ2n) is 20.6. The molecule has 2 aromatic carbocycles. The van der Waals surface area contributed by atoms with Crippen LogP contribution in [0.2, 0.25) is 0 Å². The number of aliphatic hydroxyl groups excluding tert-OH is 1. The Hall–Kier alpha value is -5.11. The van der Waals surface area contributed by atoms with Gasteiger partial charge in [0.2, 0.25) is 0 Å². The zero-order valence-corrected chi connectivity index (χ0v) is 42.2. The number of fused-ring (bicyclic) bond motifs is 3. The number of halogens is 6. The van der Waals surface area contributed by atoms with Crippen LogP contribution in [0.4, 0.5) is 26.3 Å². The zero-order chi connectivity index (χ0) is 54.2. The Bertz CT molecular complexity index is 2370. The van der Waals surface area contributed by atoms with Crippen LogP contribution in [0.25, 0.3) is 0 Å². The third kappa shape index (κ3) is 9.98. The number of aliphatic hydroxyl groups is 2. The molecule has 0 spiro atoms. The summed E-state index contributed by atoms with van der Waals surface area (Å²) in [5.74, 6) is -9.79. The van der Waals surface area contributed by atoms with Crippen LogP contribution in [0.3, 0.4) is 0 Å². The summed E-state index contributed by atoms with van der Waals surface area (Å²) in [6.07, 6.45) is -14.5. The SMILES string of the molecule is C=C(C)[C@@H]1C[C@@H](OC(=O)[C@@](OC)(c2ccccc2)C(F)(F)F)[C@@]2(C)C3=CC[C@@H]([C@@H](COC(=O)[C@@](OC)(c4ccccc4)C(F)(F)F)C[C@@H](O)C(=O)C(C)(C)O)[C@]3(C)CC[C@@H]2[C@@]1(C)[C@H](CC(=O)OC)OC(C)=O. The van der Waals surface area contributed by atoms with Crippen molar-refractivity contribution in [1.29, 1.82) is 0 Å². The van der Waals surface area contributed by atoms with Gasteiger partial charge in [0.1, 0.15) is 23.9 Å². The van der Waals surface area contributed by atoms with E-state index in [2.05, 4.69) is 6.58 Å². The first-order valence-corrected chi connectivity index (χ1v) is 23.6. The smallest absolute Gasteiger partial charge is 0.432 e. The molecule has 5 rings (SSSR count). The van der Waals surface area contributed by atoms with Gasteiger partial charge in [-0.2, -0.15) is 26.3 Å². The summed E-state index contributed by atoms with van der Waals surface area (Å²) >= 11 is 0. The number of allylic oxidation sites excluding steroid dienone is 2. The molecular weight excluding hydrogens is 959 g/mol. The molecule has 72 heavy (non-hydrogen) atoms. The first kappa shape index (κ1) is 57.8. The van der Waals surface area contributed by atoms with E-state index >= 15 is 26.3 Å². The molecule has 0 heterocycles. The van der Waals surface area contributed by atoms with E-state index in [0.717, 1.165) is 59.3 Å². The van der Waals surface area contributed by atoms with Crippen molar-refractivity contribution in [2.45, 2.75) is 134 Å². The Balaban J connectivity index is 1.72. The first-order valence-electron chi connectivity index (χ1n) is 23.6. The van der Waals surface area contributed by atoms with Crippen molar-refractivity contribution in [3.8, 4) is 0 Å². The van der Waals surface area contributed by atoms with Gasteiger partial charge < -0.3 is 38.6 Å². The molecule has 0 amide bonds. The number of benzene rings is 2. The molecule has 12 atom stereocenters. The molecule has 2 aromatic rings. The molecule has 13 nitrogen and oxygen atoms in total. The molecule has 2 saturated carbocycles. The minimum atomic E-state index is -5.38. The number of ketones is 1. The van der Waals surface area contributed by atoms with Gasteiger partial charge in [-0.25, -0.2) is 9.59 Å². The monoisotopic (exact) mass is 1020 g/mol. The standard InChI is InChI=1S/C53H66F6O13/c1-30(2)36-27-40(72-45(65)51(69-11,53(57,58)59)34-20-16-13-17-21-34)49(8)38-23-22-35(47(38,6)25-24-39(49)48(36,7)41(71-31(3)60)28-42(62)67-9)32(26-37(61)43(63)46(4,5)66)29-70-44(64)50(68-10,52(54,55)56)33-18-14-12-15-19-33/h12-21,23,32,35-37,39-41,61,66H,1,22,24-29H2,2-11H3/t32-,35+,36+,37-,39-,40-,41+,47+,48+,49+,50+,51+/m1/s1. The zero-order valence-electron chi connectivity index (χ0n) is 42.2. The van der Waals surface area contributed by atoms with Crippen molar-refractivity contribution < 1.29 is 88.9 Å². The number of Topliss-reactive ketones (excluding diaryl/α,β-unsaturated/α-hetero) is 1. The summed E-state index contributed by atoms with van der Waals surface area (Å²) in [5.41, 5.74) is -13.5. The van der Waals surface area contributed by atoms with Gasteiger partial charge in [-0.3, -0.25) is 14.4 Å². The molecule has 3 aliphatic carbocycles. The number of hydrogen-bond donors (Lipinski definition) is 2. The molecule has 0 unspecified atom stereocenters. The maximum absolute atomic E-state index is 15.5. The molecule has 0 radical (unpaired) electrons. The summed E-state index contributed by atoms with van der Waals surface area (Å²) in [4.78, 5) is 68.2. The van der Waals surface area contributed by atoms with E-state index in [0.29, 0.717) is 18.3 Å². The van der Waals surface area contributed by atoms with E-state index < -0.39 is 148 Å². The average molecular weight is 1030 g/mol. The molecule has 3 aliphatic rings. The number of carbonyl (C=O) groups is 5.